The van der Waals surface area contributed by atoms with Crippen LogP contribution in [0.25, 0.3) is 0 Å². The first kappa shape index (κ1) is 15.6. The summed E-state index contributed by atoms with van der Waals surface area (Å²) in [5.41, 5.74) is 5.73. The van der Waals surface area contributed by atoms with Gasteiger partial charge in [0.25, 0.3) is 0 Å². The summed E-state index contributed by atoms with van der Waals surface area (Å²) in [6.07, 6.45) is 4.06. The van der Waals surface area contributed by atoms with Gasteiger partial charge in [0.1, 0.15) is 0 Å². The largest absolute Gasteiger partial charge is 0.307 e. The first-order valence-corrected chi connectivity index (χ1v) is 8.20. The normalized spacial score (nSPS) is 28.4. The summed E-state index contributed by atoms with van der Waals surface area (Å²) in [4.78, 5) is 0. The summed E-state index contributed by atoms with van der Waals surface area (Å²) >= 11 is 0. The number of rotatable bonds is 3. The van der Waals surface area contributed by atoms with Crippen molar-refractivity contribution in [1.82, 2.24) is 5.32 Å². The van der Waals surface area contributed by atoms with Crippen LogP contribution in [0.4, 0.5) is 0 Å². The zero-order valence-corrected chi connectivity index (χ0v) is 14.1. The third-order valence-electron chi connectivity index (χ3n) is 4.84. The summed E-state index contributed by atoms with van der Waals surface area (Å²) in [6, 6.07) is 5.76. The molecule has 1 nitrogen and oxygen atoms in total. The monoisotopic (exact) mass is 273 g/mol. The maximum absolute atomic E-state index is 3.90. The van der Waals surface area contributed by atoms with Gasteiger partial charge in [-0.2, -0.15) is 0 Å². The molecule has 1 N–H and O–H groups in total. The van der Waals surface area contributed by atoms with Crippen LogP contribution in [0.15, 0.2) is 12.1 Å². The Morgan fingerprint density at radius 2 is 1.45 bits per heavy atom. The van der Waals surface area contributed by atoms with Gasteiger partial charge < -0.3 is 5.32 Å². The maximum Gasteiger partial charge on any atom is 0.0299 e. The van der Waals surface area contributed by atoms with Gasteiger partial charge in [-0.15, -0.1) is 0 Å². The molecule has 1 aromatic rings. The molecule has 1 aromatic carbocycles. The SMILES string of the molecule is Cc1cc(C)c(C(C)NC2CC(C)CC(C)C2)c(C)c1. The van der Waals surface area contributed by atoms with Crippen LogP contribution in [0.5, 0.6) is 0 Å². The molecule has 1 aliphatic rings. The van der Waals surface area contributed by atoms with Gasteiger partial charge in [0.15, 0.2) is 0 Å². The fourth-order valence-corrected chi connectivity index (χ4v) is 4.39. The Bertz CT molecular complexity index is 430. The van der Waals surface area contributed by atoms with Crippen LogP contribution in [-0.2, 0) is 0 Å². The molecule has 0 amide bonds. The van der Waals surface area contributed by atoms with Crippen molar-refractivity contribution in [1.29, 1.82) is 0 Å². The number of aryl methyl sites for hydroxylation is 3. The minimum absolute atomic E-state index is 0.457. The lowest BCUT2D eigenvalue weighted by Gasteiger charge is -2.34. The van der Waals surface area contributed by atoms with E-state index in [9.17, 15) is 0 Å². The second-order valence-corrected chi connectivity index (χ2v) is 7.32. The van der Waals surface area contributed by atoms with E-state index in [1.54, 1.807) is 0 Å². The predicted octanol–water partition coefficient (Wildman–Crippen LogP) is 5.09. The molecule has 1 saturated carbocycles. The number of hydrogen-bond donors (Lipinski definition) is 1. The Hall–Kier alpha value is -0.820. The molecule has 1 heteroatoms. The molecule has 0 spiro atoms. The van der Waals surface area contributed by atoms with Crippen LogP contribution in [0, 0.1) is 32.6 Å². The van der Waals surface area contributed by atoms with Crippen molar-refractivity contribution in [3.8, 4) is 0 Å². The molecule has 0 bridgehead atoms. The maximum atomic E-state index is 3.90. The van der Waals surface area contributed by atoms with Crippen molar-refractivity contribution >= 4 is 0 Å². The van der Waals surface area contributed by atoms with E-state index in [2.05, 4.69) is 59.0 Å². The third kappa shape index (κ3) is 3.63. The van der Waals surface area contributed by atoms with Gasteiger partial charge in [-0.3, -0.25) is 0 Å². The zero-order chi connectivity index (χ0) is 14.9. The Balaban J connectivity index is 2.10. The Morgan fingerprint density at radius 1 is 0.950 bits per heavy atom. The van der Waals surface area contributed by atoms with Crippen LogP contribution in [0.1, 0.15) is 68.3 Å². The van der Waals surface area contributed by atoms with Gasteiger partial charge in [0.05, 0.1) is 0 Å². The Labute approximate surface area is 125 Å². The molecule has 0 radical (unpaired) electrons. The number of hydrogen-bond acceptors (Lipinski definition) is 1. The summed E-state index contributed by atoms with van der Waals surface area (Å²) in [5.74, 6) is 1.73. The van der Waals surface area contributed by atoms with Crippen LogP contribution >= 0.6 is 0 Å². The first-order chi connectivity index (χ1) is 9.36. The van der Waals surface area contributed by atoms with E-state index < -0.39 is 0 Å². The summed E-state index contributed by atoms with van der Waals surface area (Å²) in [5, 5.41) is 3.90. The second-order valence-electron chi connectivity index (χ2n) is 7.32. The minimum atomic E-state index is 0.457. The summed E-state index contributed by atoms with van der Waals surface area (Å²) in [7, 11) is 0. The topological polar surface area (TPSA) is 12.0 Å². The first-order valence-electron chi connectivity index (χ1n) is 8.20. The highest BCUT2D eigenvalue weighted by molar-refractivity contribution is 5.39. The fraction of sp³-hybridized carbons (Fsp3) is 0.684. The molecular formula is C19H31N. The van der Waals surface area contributed by atoms with Gasteiger partial charge in [-0.1, -0.05) is 31.5 Å². The molecule has 2 rings (SSSR count). The Kier molecular flexibility index (Phi) is 4.90. The van der Waals surface area contributed by atoms with Gasteiger partial charge in [-0.25, -0.2) is 0 Å². The number of nitrogens with one attached hydrogen (secondary N) is 1. The van der Waals surface area contributed by atoms with E-state index >= 15 is 0 Å². The average molecular weight is 273 g/mol. The lowest BCUT2D eigenvalue weighted by atomic mass is 9.80. The van der Waals surface area contributed by atoms with Crippen LogP contribution < -0.4 is 5.32 Å². The van der Waals surface area contributed by atoms with E-state index in [4.69, 9.17) is 0 Å². The highest BCUT2D eigenvalue weighted by Crippen LogP contribution is 2.31. The van der Waals surface area contributed by atoms with Crippen LogP contribution in [0.2, 0.25) is 0 Å². The molecular weight excluding hydrogens is 242 g/mol. The Morgan fingerprint density at radius 3 is 1.95 bits per heavy atom. The molecule has 3 unspecified atom stereocenters. The van der Waals surface area contributed by atoms with Crippen molar-refractivity contribution in [2.75, 3.05) is 0 Å². The molecule has 1 aliphatic carbocycles. The average Bonchev–Trinajstić information content (AvgIpc) is 2.25. The highest BCUT2D eigenvalue weighted by atomic mass is 14.9. The lowest BCUT2D eigenvalue weighted by Crippen LogP contribution is -2.38. The molecule has 1 fully saturated rings. The van der Waals surface area contributed by atoms with Crippen molar-refractivity contribution in [2.45, 2.75) is 72.9 Å². The lowest BCUT2D eigenvalue weighted by molar-refractivity contribution is 0.228. The van der Waals surface area contributed by atoms with Gasteiger partial charge in [0, 0.05) is 12.1 Å². The van der Waals surface area contributed by atoms with E-state index in [1.807, 2.05) is 0 Å². The summed E-state index contributed by atoms with van der Waals surface area (Å²) < 4.78 is 0. The minimum Gasteiger partial charge on any atom is -0.307 e. The molecule has 20 heavy (non-hydrogen) atoms. The van der Waals surface area contributed by atoms with E-state index in [0.717, 1.165) is 11.8 Å². The summed E-state index contributed by atoms with van der Waals surface area (Å²) in [6.45, 7) is 13.8. The molecule has 0 saturated heterocycles. The molecule has 112 valence electrons. The van der Waals surface area contributed by atoms with Gasteiger partial charge >= 0.3 is 0 Å². The van der Waals surface area contributed by atoms with E-state index in [0.29, 0.717) is 12.1 Å². The standard InChI is InChI=1S/C19H31N/c1-12-7-13(2)11-18(10-12)20-17(6)19-15(4)8-14(3)9-16(19)5/h8-9,12-13,17-18,20H,7,10-11H2,1-6H3. The van der Waals surface area contributed by atoms with Crippen molar-refractivity contribution in [2.24, 2.45) is 11.8 Å². The smallest absolute Gasteiger partial charge is 0.0299 e. The van der Waals surface area contributed by atoms with E-state index in [1.165, 1.54) is 41.5 Å². The van der Waals surface area contributed by atoms with Gasteiger partial charge in [0.2, 0.25) is 0 Å². The second kappa shape index (κ2) is 6.30. The van der Waals surface area contributed by atoms with Crippen molar-refractivity contribution < 1.29 is 0 Å². The molecule has 3 atom stereocenters. The van der Waals surface area contributed by atoms with E-state index in [-0.39, 0.29) is 0 Å². The molecule has 0 aromatic heterocycles. The fourth-order valence-electron chi connectivity index (χ4n) is 4.39. The molecule has 0 heterocycles. The van der Waals surface area contributed by atoms with Gasteiger partial charge in [-0.05, 0) is 75.5 Å². The molecule has 0 aliphatic heterocycles. The van der Waals surface area contributed by atoms with Crippen LogP contribution in [0.3, 0.4) is 0 Å². The van der Waals surface area contributed by atoms with Crippen molar-refractivity contribution in [3.05, 3.63) is 34.4 Å². The highest BCUT2D eigenvalue weighted by Gasteiger charge is 2.25. The quantitative estimate of drug-likeness (QED) is 0.809. The number of benzene rings is 1. The van der Waals surface area contributed by atoms with Crippen molar-refractivity contribution in [3.63, 3.8) is 0 Å². The third-order valence-corrected chi connectivity index (χ3v) is 4.84. The zero-order valence-electron chi connectivity index (χ0n) is 14.1. The van der Waals surface area contributed by atoms with Crippen LogP contribution in [-0.4, -0.2) is 6.04 Å². The predicted molar refractivity (Wildman–Crippen MR) is 88.2 cm³/mol.